The number of carbonyl (C=O) groups is 1. The van der Waals surface area contributed by atoms with Crippen molar-refractivity contribution in [2.24, 2.45) is 0 Å². The van der Waals surface area contributed by atoms with Crippen molar-refractivity contribution in [3.05, 3.63) is 66.1 Å². The van der Waals surface area contributed by atoms with Crippen molar-refractivity contribution < 1.29 is 9.18 Å². The summed E-state index contributed by atoms with van der Waals surface area (Å²) in [7, 11) is 0. The van der Waals surface area contributed by atoms with Gasteiger partial charge in [0.2, 0.25) is 5.91 Å². The summed E-state index contributed by atoms with van der Waals surface area (Å²) in [5, 5.41) is 10.4. The van der Waals surface area contributed by atoms with Crippen LogP contribution in [-0.2, 0) is 4.79 Å². The van der Waals surface area contributed by atoms with Gasteiger partial charge in [0.05, 0.1) is 17.4 Å². The molecule has 0 aliphatic carbocycles. The number of hydrogen-bond acceptors (Lipinski definition) is 2. The van der Waals surface area contributed by atoms with Crippen LogP contribution in [0.25, 0.3) is 17.0 Å². The first-order valence-corrected chi connectivity index (χ1v) is 6.40. The third-order valence-electron chi connectivity index (χ3n) is 3.05. The molecule has 4 nitrogen and oxygen atoms in total. The lowest BCUT2D eigenvalue weighted by molar-refractivity contribution is -0.111. The highest BCUT2D eigenvalue weighted by Gasteiger charge is 2.05. The number of hydrogen-bond donors (Lipinski definition) is 2. The third-order valence-corrected chi connectivity index (χ3v) is 3.05. The fourth-order valence-corrected chi connectivity index (χ4v) is 2.02. The van der Waals surface area contributed by atoms with Crippen molar-refractivity contribution in [3.8, 4) is 0 Å². The van der Waals surface area contributed by atoms with E-state index in [-0.39, 0.29) is 11.7 Å². The van der Waals surface area contributed by atoms with Gasteiger partial charge in [0.15, 0.2) is 0 Å². The molecule has 0 saturated heterocycles. The van der Waals surface area contributed by atoms with Gasteiger partial charge in [-0.1, -0.05) is 30.3 Å². The van der Waals surface area contributed by atoms with Crippen LogP contribution in [0.3, 0.4) is 0 Å². The number of halogens is 1. The number of anilines is 1. The van der Waals surface area contributed by atoms with Crippen LogP contribution in [-0.4, -0.2) is 16.1 Å². The minimum atomic E-state index is -0.364. The van der Waals surface area contributed by atoms with E-state index in [1.807, 2.05) is 12.1 Å². The highest BCUT2D eigenvalue weighted by molar-refractivity contribution is 6.06. The Balaban J connectivity index is 1.78. The quantitative estimate of drug-likeness (QED) is 0.723. The fraction of sp³-hybridized carbons (Fsp3) is 0. The number of rotatable bonds is 3. The molecule has 0 radical (unpaired) electrons. The summed E-state index contributed by atoms with van der Waals surface area (Å²) >= 11 is 0. The fourth-order valence-electron chi connectivity index (χ4n) is 2.02. The van der Waals surface area contributed by atoms with Crippen LogP contribution in [0, 0.1) is 5.82 Å². The summed E-state index contributed by atoms with van der Waals surface area (Å²) in [6, 6.07) is 11.8. The van der Waals surface area contributed by atoms with Crippen LogP contribution < -0.4 is 5.32 Å². The Morgan fingerprint density at radius 1 is 1.19 bits per heavy atom. The van der Waals surface area contributed by atoms with E-state index in [2.05, 4.69) is 15.5 Å². The molecular weight excluding hydrogens is 269 g/mol. The van der Waals surface area contributed by atoms with Crippen LogP contribution in [0.15, 0.2) is 54.7 Å². The van der Waals surface area contributed by atoms with Crippen LogP contribution in [0.1, 0.15) is 5.56 Å². The van der Waals surface area contributed by atoms with Crippen LogP contribution in [0.2, 0.25) is 0 Å². The molecule has 0 saturated carbocycles. The second kappa shape index (κ2) is 5.58. The van der Waals surface area contributed by atoms with Gasteiger partial charge in [-0.15, -0.1) is 0 Å². The third kappa shape index (κ3) is 2.81. The number of nitrogens with zero attached hydrogens (tertiary/aromatic N) is 1. The van der Waals surface area contributed by atoms with E-state index in [0.29, 0.717) is 11.3 Å². The Morgan fingerprint density at radius 3 is 2.90 bits per heavy atom. The summed E-state index contributed by atoms with van der Waals surface area (Å²) < 4.78 is 13.4. The number of aromatic nitrogens is 2. The first kappa shape index (κ1) is 13.1. The molecule has 104 valence electrons. The zero-order chi connectivity index (χ0) is 14.7. The van der Waals surface area contributed by atoms with Crippen molar-refractivity contribution in [1.29, 1.82) is 0 Å². The first-order valence-electron chi connectivity index (χ1n) is 6.40. The van der Waals surface area contributed by atoms with E-state index in [1.54, 1.807) is 30.5 Å². The predicted octanol–water partition coefficient (Wildman–Crippen LogP) is 3.35. The Bertz CT molecular complexity index is 823. The predicted molar refractivity (Wildman–Crippen MR) is 80.2 cm³/mol. The normalized spacial score (nSPS) is 11.1. The van der Waals surface area contributed by atoms with Gasteiger partial charge in [0.25, 0.3) is 0 Å². The Kier molecular flexibility index (Phi) is 3.47. The van der Waals surface area contributed by atoms with Crippen LogP contribution in [0.5, 0.6) is 0 Å². The molecule has 3 aromatic rings. The van der Waals surface area contributed by atoms with Gasteiger partial charge in [-0.2, -0.15) is 5.10 Å². The number of nitrogens with one attached hydrogen (secondary N) is 2. The first-order chi connectivity index (χ1) is 10.2. The van der Waals surface area contributed by atoms with E-state index in [1.165, 1.54) is 18.2 Å². The van der Waals surface area contributed by atoms with Crippen molar-refractivity contribution in [3.63, 3.8) is 0 Å². The molecule has 1 amide bonds. The molecule has 1 heterocycles. The van der Waals surface area contributed by atoms with Gasteiger partial charge in [-0.3, -0.25) is 9.89 Å². The molecular formula is C16H12FN3O. The lowest BCUT2D eigenvalue weighted by Crippen LogP contribution is -2.08. The van der Waals surface area contributed by atoms with Gasteiger partial charge in [0, 0.05) is 17.0 Å². The lowest BCUT2D eigenvalue weighted by atomic mass is 10.2. The standard InChI is InChI=1S/C16H12FN3O/c17-13-6-2-1-4-11(13)8-9-15(21)19-14-7-3-5-12-10-18-20-16(12)14/h1-10H,(H,18,20)(H,19,21)/b9-8+. The summed E-state index contributed by atoms with van der Waals surface area (Å²) in [5.41, 5.74) is 1.76. The Morgan fingerprint density at radius 2 is 2.05 bits per heavy atom. The number of H-pyrrole nitrogens is 1. The summed E-state index contributed by atoms with van der Waals surface area (Å²) in [6.45, 7) is 0. The van der Waals surface area contributed by atoms with E-state index in [0.717, 1.165) is 10.9 Å². The smallest absolute Gasteiger partial charge is 0.248 e. The number of fused-ring (bicyclic) bond motifs is 1. The molecule has 0 spiro atoms. The molecule has 0 aliphatic heterocycles. The maximum absolute atomic E-state index is 13.4. The Hall–Kier alpha value is -2.95. The van der Waals surface area contributed by atoms with Gasteiger partial charge in [0.1, 0.15) is 5.82 Å². The number of para-hydroxylation sites is 1. The number of aromatic amines is 1. The lowest BCUT2D eigenvalue weighted by Gasteiger charge is -2.03. The largest absolute Gasteiger partial charge is 0.321 e. The average molecular weight is 281 g/mol. The maximum Gasteiger partial charge on any atom is 0.248 e. The molecule has 0 atom stereocenters. The van der Waals surface area contributed by atoms with Crippen LogP contribution >= 0.6 is 0 Å². The second-order valence-electron chi connectivity index (χ2n) is 4.48. The molecule has 5 heteroatoms. The number of benzene rings is 2. The molecule has 0 fully saturated rings. The van der Waals surface area contributed by atoms with Crippen molar-refractivity contribution in [2.45, 2.75) is 0 Å². The van der Waals surface area contributed by atoms with Gasteiger partial charge < -0.3 is 5.32 Å². The SMILES string of the molecule is O=C(/C=C/c1ccccc1F)Nc1cccc2cn[nH]c12. The van der Waals surface area contributed by atoms with Gasteiger partial charge in [-0.25, -0.2) is 4.39 Å². The zero-order valence-corrected chi connectivity index (χ0v) is 11.0. The molecule has 0 bridgehead atoms. The topological polar surface area (TPSA) is 57.8 Å². The Labute approximate surface area is 120 Å². The van der Waals surface area contributed by atoms with Crippen LogP contribution in [0.4, 0.5) is 10.1 Å². The monoisotopic (exact) mass is 281 g/mol. The highest BCUT2D eigenvalue weighted by Crippen LogP contribution is 2.20. The van der Waals surface area contributed by atoms with Crippen molar-refractivity contribution in [2.75, 3.05) is 5.32 Å². The molecule has 21 heavy (non-hydrogen) atoms. The molecule has 1 aromatic heterocycles. The highest BCUT2D eigenvalue weighted by atomic mass is 19.1. The minimum absolute atomic E-state index is 0.333. The number of carbonyl (C=O) groups excluding carboxylic acids is 1. The minimum Gasteiger partial charge on any atom is -0.321 e. The van der Waals surface area contributed by atoms with E-state index < -0.39 is 0 Å². The number of amides is 1. The van der Waals surface area contributed by atoms with E-state index in [9.17, 15) is 9.18 Å². The summed E-state index contributed by atoms with van der Waals surface area (Å²) in [6.07, 6.45) is 4.42. The van der Waals surface area contributed by atoms with E-state index >= 15 is 0 Å². The molecule has 2 N–H and O–H groups in total. The van der Waals surface area contributed by atoms with Crippen molar-refractivity contribution >= 4 is 28.6 Å². The average Bonchev–Trinajstić information content (AvgIpc) is 2.96. The second-order valence-corrected chi connectivity index (χ2v) is 4.48. The molecule has 0 unspecified atom stereocenters. The summed E-state index contributed by atoms with van der Waals surface area (Å²) in [5.74, 6) is -0.697. The van der Waals surface area contributed by atoms with Crippen molar-refractivity contribution in [1.82, 2.24) is 10.2 Å². The zero-order valence-electron chi connectivity index (χ0n) is 11.0. The summed E-state index contributed by atoms with van der Waals surface area (Å²) in [4.78, 5) is 11.9. The van der Waals surface area contributed by atoms with Gasteiger partial charge >= 0.3 is 0 Å². The molecule has 3 rings (SSSR count). The molecule has 0 aliphatic rings. The molecule has 2 aromatic carbocycles. The maximum atomic E-state index is 13.4. The van der Waals surface area contributed by atoms with E-state index in [4.69, 9.17) is 0 Å². The van der Waals surface area contributed by atoms with Gasteiger partial charge in [-0.05, 0) is 18.2 Å².